The lowest BCUT2D eigenvalue weighted by Gasteiger charge is -2.27. The molecule has 1 rings (SSSR count). The fourth-order valence-corrected chi connectivity index (χ4v) is 1.30. The van der Waals surface area contributed by atoms with Gasteiger partial charge >= 0.3 is 0 Å². The van der Waals surface area contributed by atoms with Gasteiger partial charge in [-0.05, 0) is 12.2 Å². The van der Waals surface area contributed by atoms with Crippen molar-refractivity contribution >= 4 is 12.6 Å². The van der Waals surface area contributed by atoms with E-state index in [0.29, 0.717) is 23.9 Å². The summed E-state index contributed by atoms with van der Waals surface area (Å²) in [4.78, 5) is 21.4. The lowest BCUT2D eigenvalue weighted by molar-refractivity contribution is -0.123. The van der Waals surface area contributed by atoms with Crippen LogP contribution in [0.4, 0.5) is 0 Å². The highest BCUT2D eigenvalue weighted by molar-refractivity contribution is 5.81. The number of methoxy groups -OCH3 is 2. The van der Waals surface area contributed by atoms with E-state index in [1.165, 1.54) is 20.3 Å². The Morgan fingerprint density at radius 1 is 1.43 bits per heavy atom. The monoisotopic (exact) mass is 196 g/mol. The van der Waals surface area contributed by atoms with E-state index in [0.717, 1.165) is 0 Å². The second kappa shape index (κ2) is 4.19. The Labute approximate surface area is 82.2 Å². The van der Waals surface area contributed by atoms with Gasteiger partial charge in [-0.1, -0.05) is 0 Å². The summed E-state index contributed by atoms with van der Waals surface area (Å²) in [6, 6.07) is 0. The first-order valence-electron chi connectivity index (χ1n) is 4.14. The van der Waals surface area contributed by atoms with Crippen LogP contribution >= 0.6 is 0 Å². The van der Waals surface area contributed by atoms with Gasteiger partial charge in [-0.25, -0.2) is 0 Å². The highest BCUT2D eigenvalue weighted by atomic mass is 16.5. The van der Waals surface area contributed by atoms with Gasteiger partial charge in [-0.3, -0.25) is 9.59 Å². The summed E-state index contributed by atoms with van der Waals surface area (Å²) in [6.45, 7) is 0. The third kappa shape index (κ3) is 1.75. The number of carbonyl (C=O) groups is 2. The summed E-state index contributed by atoms with van der Waals surface area (Å²) in [5, 5.41) is 0. The van der Waals surface area contributed by atoms with E-state index >= 15 is 0 Å². The molecule has 4 nitrogen and oxygen atoms in total. The number of allylic oxidation sites excluding steroid dienone is 2. The number of carbonyl (C=O) groups excluding carboxylic acids is 2. The molecule has 1 unspecified atom stereocenters. The van der Waals surface area contributed by atoms with Crippen LogP contribution in [0, 0.1) is 0 Å². The predicted molar refractivity (Wildman–Crippen MR) is 49.7 cm³/mol. The van der Waals surface area contributed by atoms with Gasteiger partial charge in [0.2, 0.25) is 0 Å². The highest BCUT2D eigenvalue weighted by Crippen LogP contribution is 2.27. The molecule has 4 heteroatoms. The first-order chi connectivity index (χ1) is 6.71. The van der Waals surface area contributed by atoms with Crippen LogP contribution < -0.4 is 0 Å². The molecule has 0 heterocycles. The maximum absolute atomic E-state index is 10.8. The maximum atomic E-state index is 10.8. The van der Waals surface area contributed by atoms with Crippen molar-refractivity contribution in [3.63, 3.8) is 0 Å². The first-order valence-corrected chi connectivity index (χ1v) is 4.14. The molecule has 1 atom stereocenters. The van der Waals surface area contributed by atoms with Gasteiger partial charge in [0.25, 0.3) is 0 Å². The minimum Gasteiger partial charge on any atom is -0.500 e. The summed E-state index contributed by atoms with van der Waals surface area (Å²) in [5.74, 6) is 0.469. The average molecular weight is 196 g/mol. The van der Waals surface area contributed by atoms with Gasteiger partial charge in [0.05, 0.1) is 12.7 Å². The summed E-state index contributed by atoms with van der Waals surface area (Å²) < 4.78 is 10.1. The van der Waals surface area contributed by atoms with Crippen LogP contribution in [-0.4, -0.2) is 32.4 Å². The third-order valence-corrected chi connectivity index (χ3v) is 2.26. The molecular formula is C10H12O4. The van der Waals surface area contributed by atoms with E-state index in [-0.39, 0.29) is 6.42 Å². The van der Waals surface area contributed by atoms with Crippen LogP contribution in [0.25, 0.3) is 0 Å². The van der Waals surface area contributed by atoms with Crippen LogP contribution in [0.1, 0.15) is 6.42 Å². The average Bonchev–Trinajstić information content (AvgIpc) is 2.28. The van der Waals surface area contributed by atoms with Crippen molar-refractivity contribution in [1.29, 1.82) is 0 Å². The van der Waals surface area contributed by atoms with Crippen molar-refractivity contribution in [2.75, 3.05) is 14.2 Å². The summed E-state index contributed by atoms with van der Waals surface area (Å²) in [7, 11) is 2.90. The number of ether oxygens (including phenoxy) is 2. The summed E-state index contributed by atoms with van der Waals surface area (Å²) >= 11 is 0. The van der Waals surface area contributed by atoms with Crippen molar-refractivity contribution in [3.8, 4) is 0 Å². The molecule has 76 valence electrons. The molecule has 1 aliphatic carbocycles. The van der Waals surface area contributed by atoms with Crippen molar-refractivity contribution in [1.82, 2.24) is 0 Å². The van der Waals surface area contributed by atoms with Crippen LogP contribution in [0.15, 0.2) is 23.5 Å². The number of rotatable bonds is 4. The molecule has 0 radical (unpaired) electrons. The fourth-order valence-electron chi connectivity index (χ4n) is 1.30. The van der Waals surface area contributed by atoms with E-state index in [1.807, 2.05) is 0 Å². The Bertz CT molecular complexity index is 303. The van der Waals surface area contributed by atoms with Gasteiger partial charge in [0.15, 0.2) is 12.6 Å². The molecule has 1 aliphatic rings. The maximum Gasteiger partial charge on any atom is 0.156 e. The Kier molecular flexibility index (Phi) is 3.19. The zero-order valence-corrected chi connectivity index (χ0v) is 8.15. The number of hydrogen-bond acceptors (Lipinski definition) is 4. The quantitative estimate of drug-likeness (QED) is 0.619. The van der Waals surface area contributed by atoms with Gasteiger partial charge in [0.1, 0.15) is 11.4 Å². The van der Waals surface area contributed by atoms with Crippen LogP contribution in [-0.2, 0) is 19.1 Å². The molecule has 0 spiro atoms. The minimum atomic E-state index is -0.988. The molecular weight excluding hydrogens is 184 g/mol. The fraction of sp³-hybridized carbons (Fsp3) is 0.400. The van der Waals surface area contributed by atoms with E-state index in [9.17, 15) is 9.59 Å². The first kappa shape index (κ1) is 10.7. The topological polar surface area (TPSA) is 52.6 Å². The van der Waals surface area contributed by atoms with Crippen LogP contribution in [0.5, 0.6) is 0 Å². The molecule has 0 aliphatic heterocycles. The summed E-state index contributed by atoms with van der Waals surface area (Å²) in [5.41, 5.74) is -0.542. The molecule has 0 fully saturated rings. The SMILES string of the molecule is COC1=C(C=O)C=CC(C=O)(OC)C1. The molecule has 14 heavy (non-hydrogen) atoms. The molecule has 0 aromatic rings. The predicted octanol–water partition coefficient (Wildman–Crippen LogP) is 0.630. The van der Waals surface area contributed by atoms with Gasteiger partial charge in [-0.15, -0.1) is 0 Å². The zero-order chi connectivity index (χ0) is 10.6. The van der Waals surface area contributed by atoms with E-state index < -0.39 is 5.60 Å². The molecule has 0 N–H and O–H groups in total. The summed E-state index contributed by atoms with van der Waals surface area (Å²) in [6.07, 6.45) is 4.75. The van der Waals surface area contributed by atoms with Crippen molar-refractivity contribution in [3.05, 3.63) is 23.5 Å². The molecule has 0 bridgehead atoms. The largest absolute Gasteiger partial charge is 0.500 e. The smallest absolute Gasteiger partial charge is 0.156 e. The Morgan fingerprint density at radius 2 is 2.14 bits per heavy atom. The zero-order valence-electron chi connectivity index (χ0n) is 8.15. The Morgan fingerprint density at radius 3 is 2.57 bits per heavy atom. The Hall–Kier alpha value is -1.42. The van der Waals surface area contributed by atoms with E-state index in [1.54, 1.807) is 6.08 Å². The molecule has 0 saturated carbocycles. The van der Waals surface area contributed by atoms with E-state index in [2.05, 4.69) is 0 Å². The van der Waals surface area contributed by atoms with Crippen LogP contribution in [0.3, 0.4) is 0 Å². The van der Waals surface area contributed by atoms with Crippen molar-refractivity contribution in [2.24, 2.45) is 0 Å². The Balaban J connectivity index is 3.01. The number of aldehydes is 2. The molecule has 0 amide bonds. The lowest BCUT2D eigenvalue weighted by Crippen LogP contribution is -2.33. The normalized spacial score (nSPS) is 26.1. The second-order valence-electron chi connectivity index (χ2n) is 2.99. The van der Waals surface area contributed by atoms with Crippen molar-refractivity contribution in [2.45, 2.75) is 12.0 Å². The molecule has 0 saturated heterocycles. The molecule has 0 aromatic carbocycles. The second-order valence-corrected chi connectivity index (χ2v) is 2.99. The highest BCUT2D eigenvalue weighted by Gasteiger charge is 2.32. The lowest BCUT2D eigenvalue weighted by atomic mass is 9.92. The van der Waals surface area contributed by atoms with Gasteiger partial charge < -0.3 is 9.47 Å². The van der Waals surface area contributed by atoms with E-state index in [4.69, 9.17) is 9.47 Å². The minimum absolute atomic E-state index is 0.258. The van der Waals surface area contributed by atoms with Gasteiger partial charge in [0, 0.05) is 13.5 Å². The molecule has 0 aromatic heterocycles. The third-order valence-electron chi connectivity index (χ3n) is 2.26. The standard InChI is InChI=1S/C10H12O4/c1-13-9-5-10(7-12,14-2)4-3-8(9)6-11/h3-4,6-7H,5H2,1-2H3. The van der Waals surface area contributed by atoms with Crippen LogP contribution in [0.2, 0.25) is 0 Å². The number of hydrogen-bond donors (Lipinski definition) is 0. The van der Waals surface area contributed by atoms with Crippen molar-refractivity contribution < 1.29 is 19.1 Å². The van der Waals surface area contributed by atoms with Gasteiger partial charge in [-0.2, -0.15) is 0 Å².